The molecule has 0 radical (unpaired) electrons. The Morgan fingerprint density at radius 1 is 1.55 bits per heavy atom. The number of allylic oxidation sites excluding steroid dienone is 1. The third-order valence-corrected chi connectivity index (χ3v) is 5.27. The number of methoxy groups -OCH3 is 1. The maximum absolute atomic E-state index is 12.1. The summed E-state index contributed by atoms with van der Waals surface area (Å²) in [7, 11) is 1.26. The molecule has 1 amide bonds. The highest BCUT2D eigenvalue weighted by Crippen LogP contribution is 2.45. The summed E-state index contributed by atoms with van der Waals surface area (Å²) in [6.07, 6.45) is 3.42. The van der Waals surface area contributed by atoms with E-state index in [0.29, 0.717) is 23.5 Å². The Morgan fingerprint density at radius 3 is 2.77 bits per heavy atom. The maximum atomic E-state index is 12.1. The van der Waals surface area contributed by atoms with Crippen molar-refractivity contribution in [2.24, 2.45) is 5.92 Å². The van der Waals surface area contributed by atoms with Crippen LogP contribution in [0.5, 0.6) is 0 Å². The molecule has 7 nitrogen and oxygen atoms in total. The van der Waals surface area contributed by atoms with Gasteiger partial charge in [-0.05, 0) is 24.5 Å². The summed E-state index contributed by atoms with van der Waals surface area (Å²) >= 11 is -1.39. The van der Waals surface area contributed by atoms with Gasteiger partial charge in [-0.2, -0.15) is 0 Å². The number of ether oxygens (including phenoxy) is 1. The van der Waals surface area contributed by atoms with Crippen LogP contribution in [-0.4, -0.2) is 51.3 Å². The van der Waals surface area contributed by atoms with Gasteiger partial charge < -0.3 is 14.4 Å². The van der Waals surface area contributed by atoms with Crippen LogP contribution in [0, 0.1) is 5.92 Å². The Balaban J connectivity index is 2.11. The molecule has 0 bridgehead atoms. The summed E-state index contributed by atoms with van der Waals surface area (Å²) < 4.78 is 16.4. The molecule has 0 saturated carbocycles. The van der Waals surface area contributed by atoms with E-state index >= 15 is 0 Å². The van der Waals surface area contributed by atoms with Crippen LogP contribution in [0.15, 0.2) is 22.8 Å². The van der Waals surface area contributed by atoms with Gasteiger partial charge in [0.25, 0.3) is 0 Å². The molecule has 1 saturated heterocycles. The van der Waals surface area contributed by atoms with Crippen molar-refractivity contribution < 1.29 is 28.8 Å². The van der Waals surface area contributed by atoms with Gasteiger partial charge in [-0.3, -0.25) is 9.69 Å². The highest BCUT2D eigenvalue weighted by molar-refractivity contribution is 7.95. The molecular formula is C14H17NO6S. The van der Waals surface area contributed by atoms with Gasteiger partial charge in [0.2, 0.25) is 5.91 Å². The lowest BCUT2D eigenvalue weighted by Crippen LogP contribution is -2.58. The number of carboxylic acid groups (broad SMARTS) is 1. The number of β-lactam (4-membered cyclic amide) rings is 1. The summed E-state index contributed by atoms with van der Waals surface area (Å²) in [6.45, 7) is 1.70. The van der Waals surface area contributed by atoms with E-state index in [9.17, 15) is 24.0 Å². The minimum Gasteiger partial charge on any atom is -0.612 e. The molecule has 2 rings (SSSR count). The molecular weight excluding hydrogens is 310 g/mol. The molecule has 2 heterocycles. The van der Waals surface area contributed by atoms with Crippen molar-refractivity contribution in [2.45, 2.75) is 25.8 Å². The highest BCUT2D eigenvalue weighted by atomic mass is 32.2. The van der Waals surface area contributed by atoms with E-state index in [0.717, 1.165) is 0 Å². The first-order valence-corrected chi connectivity index (χ1v) is 8.16. The zero-order valence-corrected chi connectivity index (χ0v) is 13.1. The first kappa shape index (κ1) is 16.6. The lowest BCUT2D eigenvalue weighted by Gasteiger charge is -2.42. The second kappa shape index (κ2) is 6.53. The third kappa shape index (κ3) is 2.76. The average Bonchev–Trinajstić information content (AvgIpc) is 2.86. The number of carbonyl (C=O) groups excluding carboxylic acids is 2. The van der Waals surface area contributed by atoms with Crippen molar-refractivity contribution in [3.8, 4) is 0 Å². The Labute approximate surface area is 130 Å². The van der Waals surface area contributed by atoms with Crippen LogP contribution in [0.3, 0.4) is 0 Å². The van der Waals surface area contributed by atoms with Gasteiger partial charge in [0, 0.05) is 12.5 Å². The van der Waals surface area contributed by atoms with Crippen LogP contribution in [-0.2, 0) is 30.3 Å². The molecule has 2 aliphatic rings. The van der Waals surface area contributed by atoms with E-state index in [4.69, 9.17) is 0 Å². The van der Waals surface area contributed by atoms with Gasteiger partial charge >= 0.3 is 11.9 Å². The predicted molar refractivity (Wildman–Crippen MR) is 77.9 cm³/mol. The van der Waals surface area contributed by atoms with Crippen molar-refractivity contribution in [1.82, 2.24) is 4.90 Å². The smallest absolute Gasteiger partial charge is 0.357 e. The molecule has 3 atom stereocenters. The Hall–Kier alpha value is -1.80. The summed E-state index contributed by atoms with van der Waals surface area (Å²) in [5.74, 6) is -2.11. The lowest BCUT2D eigenvalue weighted by atomic mass is 9.84. The van der Waals surface area contributed by atoms with Crippen molar-refractivity contribution in [2.75, 3.05) is 12.9 Å². The minimum atomic E-state index is -1.39. The maximum Gasteiger partial charge on any atom is 0.357 e. The van der Waals surface area contributed by atoms with Crippen molar-refractivity contribution >= 4 is 29.0 Å². The Morgan fingerprint density at radius 2 is 2.23 bits per heavy atom. The molecule has 0 aromatic rings. The molecule has 0 aromatic carbocycles. The van der Waals surface area contributed by atoms with E-state index in [1.807, 2.05) is 0 Å². The number of amides is 1. The largest absolute Gasteiger partial charge is 0.612 e. The molecule has 0 aliphatic carbocycles. The van der Waals surface area contributed by atoms with Crippen LogP contribution in [0.25, 0.3) is 0 Å². The number of hydrogen-bond acceptors (Lipinski definition) is 5. The minimum absolute atomic E-state index is 0.136. The van der Waals surface area contributed by atoms with E-state index in [-0.39, 0.29) is 23.6 Å². The van der Waals surface area contributed by atoms with Crippen LogP contribution in [0.2, 0.25) is 0 Å². The number of nitrogens with zero attached hydrogens (tertiary/aromatic N) is 1. The fraction of sp³-hybridized carbons (Fsp3) is 0.500. The van der Waals surface area contributed by atoms with Gasteiger partial charge in [-0.15, -0.1) is 0 Å². The van der Waals surface area contributed by atoms with Crippen LogP contribution in [0.4, 0.5) is 0 Å². The van der Waals surface area contributed by atoms with Crippen molar-refractivity contribution in [1.29, 1.82) is 0 Å². The molecule has 120 valence electrons. The molecule has 1 fully saturated rings. The summed E-state index contributed by atoms with van der Waals surface area (Å²) in [5, 5.41) is 9.27. The summed E-state index contributed by atoms with van der Waals surface area (Å²) in [4.78, 5) is 36.0. The van der Waals surface area contributed by atoms with Gasteiger partial charge in [-0.25, -0.2) is 9.59 Å². The van der Waals surface area contributed by atoms with Gasteiger partial charge in [0.05, 0.1) is 19.1 Å². The van der Waals surface area contributed by atoms with Crippen LogP contribution >= 0.6 is 0 Å². The van der Waals surface area contributed by atoms with Crippen LogP contribution < -0.4 is 0 Å². The molecule has 1 N–H and O–H groups in total. The van der Waals surface area contributed by atoms with Crippen molar-refractivity contribution in [3.63, 3.8) is 0 Å². The number of rotatable bonds is 6. The number of fused-ring (bicyclic) bond motifs is 1. The van der Waals surface area contributed by atoms with E-state index in [2.05, 4.69) is 4.74 Å². The fourth-order valence-corrected chi connectivity index (χ4v) is 3.88. The number of aliphatic carboxylic acids is 1. The van der Waals surface area contributed by atoms with Crippen molar-refractivity contribution in [3.05, 3.63) is 22.8 Å². The Bertz CT molecular complexity index is 570. The summed E-state index contributed by atoms with van der Waals surface area (Å²) in [6, 6.07) is -0.286. The standard InChI is InChI=1S/C14H17NO6S/c1-3-22(20)10-7-9-8(5-4-6-11(16)21-2)13(17)15(9)12(10)14(18)19/h4,6,8-9H,3,5,7H2,1-2H3,(H,18,19). The van der Waals surface area contributed by atoms with E-state index in [1.165, 1.54) is 18.1 Å². The van der Waals surface area contributed by atoms with Crippen LogP contribution in [0.1, 0.15) is 19.8 Å². The lowest BCUT2D eigenvalue weighted by molar-refractivity contribution is -0.154. The number of esters is 1. The SMILES string of the molecule is CC[S+]([O-])C1=C(C(=O)O)N2C(=O)C(CC=CC(=O)OC)C2C1. The zero-order valence-electron chi connectivity index (χ0n) is 12.3. The van der Waals surface area contributed by atoms with E-state index < -0.39 is 23.1 Å². The first-order valence-electron chi connectivity index (χ1n) is 6.84. The molecule has 22 heavy (non-hydrogen) atoms. The Kier molecular flexibility index (Phi) is 4.92. The third-order valence-electron chi connectivity index (χ3n) is 3.84. The molecule has 3 unspecified atom stereocenters. The number of carbonyl (C=O) groups is 3. The normalized spacial score (nSPS) is 25.2. The summed E-state index contributed by atoms with van der Waals surface area (Å²) in [5.41, 5.74) is -0.136. The zero-order chi connectivity index (χ0) is 16.4. The highest BCUT2D eigenvalue weighted by Gasteiger charge is 2.57. The topological polar surface area (TPSA) is 107 Å². The second-order valence-electron chi connectivity index (χ2n) is 4.96. The second-order valence-corrected chi connectivity index (χ2v) is 6.72. The monoisotopic (exact) mass is 327 g/mol. The predicted octanol–water partition coefficient (Wildman–Crippen LogP) is 0.401. The number of hydrogen-bond donors (Lipinski definition) is 1. The van der Waals surface area contributed by atoms with Gasteiger partial charge in [-0.1, -0.05) is 6.08 Å². The van der Waals surface area contributed by atoms with Gasteiger partial charge in [0.15, 0.2) is 10.6 Å². The molecule has 2 aliphatic heterocycles. The molecule has 0 aromatic heterocycles. The first-order chi connectivity index (χ1) is 10.4. The molecule has 8 heteroatoms. The molecule has 0 spiro atoms. The van der Waals surface area contributed by atoms with Gasteiger partial charge in [0.1, 0.15) is 5.75 Å². The fourth-order valence-electron chi connectivity index (χ4n) is 2.77. The number of carboxylic acids is 1. The quantitative estimate of drug-likeness (QED) is 0.327. The van der Waals surface area contributed by atoms with E-state index in [1.54, 1.807) is 13.0 Å². The average molecular weight is 327 g/mol.